The van der Waals surface area contributed by atoms with Crippen LogP contribution >= 0.6 is 0 Å². The number of rotatable bonds is 5. The molecular formula is C11H18O2Si. The van der Waals surface area contributed by atoms with E-state index in [4.69, 9.17) is 9.16 Å². The molecule has 1 rings (SSSR count). The van der Waals surface area contributed by atoms with Crippen molar-refractivity contribution in [3.05, 3.63) is 35.4 Å². The van der Waals surface area contributed by atoms with Crippen LogP contribution in [0, 0.1) is 6.92 Å². The summed E-state index contributed by atoms with van der Waals surface area (Å²) in [7, 11) is 0.732. The van der Waals surface area contributed by atoms with E-state index in [0.717, 1.165) is 16.9 Å². The molecule has 0 N–H and O–H groups in total. The van der Waals surface area contributed by atoms with Gasteiger partial charge in [-0.15, -0.1) is 0 Å². The molecule has 0 aliphatic rings. The van der Waals surface area contributed by atoms with Crippen LogP contribution in [0.3, 0.4) is 0 Å². The number of ether oxygens (including phenoxy) is 1. The normalized spacial score (nSPS) is 13.0. The van der Waals surface area contributed by atoms with Gasteiger partial charge in [0, 0.05) is 0 Å². The highest BCUT2D eigenvalue weighted by molar-refractivity contribution is 5.98. The van der Waals surface area contributed by atoms with Crippen LogP contribution in [0.25, 0.3) is 0 Å². The molecule has 1 aromatic carbocycles. The lowest BCUT2D eigenvalue weighted by Crippen LogP contribution is -2.14. The predicted octanol–water partition coefficient (Wildman–Crippen LogP) is 1.54. The van der Waals surface area contributed by atoms with Crippen LogP contribution in [0.4, 0.5) is 0 Å². The molecule has 3 heteroatoms. The fourth-order valence-electron chi connectivity index (χ4n) is 1.31. The highest BCUT2D eigenvalue weighted by Crippen LogP contribution is 2.10. The molecule has 0 aliphatic heterocycles. The van der Waals surface area contributed by atoms with Crippen LogP contribution < -0.4 is 0 Å². The Labute approximate surface area is 88.8 Å². The molecule has 0 saturated carbocycles. The van der Waals surface area contributed by atoms with Crippen molar-refractivity contribution in [1.29, 1.82) is 0 Å². The zero-order valence-electron chi connectivity index (χ0n) is 9.12. The molecule has 0 spiro atoms. The van der Waals surface area contributed by atoms with E-state index in [9.17, 15) is 0 Å². The monoisotopic (exact) mass is 210 g/mol. The van der Waals surface area contributed by atoms with E-state index in [1.54, 1.807) is 0 Å². The summed E-state index contributed by atoms with van der Waals surface area (Å²) in [6.07, 6.45) is 0.885. The molecule has 1 aromatic rings. The van der Waals surface area contributed by atoms with Gasteiger partial charge < -0.3 is 9.16 Å². The molecule has 0 radical (unpaired) electrons. The maximum absolute atomic E-state index is 5.62. The van der Waals surface area contributed by atoms with Crippen molar-refractivity contribution in [2.24, 2.45) is 0 Å². The van der Waals surface area contributed by atoms with Crippen LogP contribution in [0.15, 0.2) is 24.3 Å². The van der Waals surface area contributed by atoms with Crippen molar-refractivity contribution in [2.75, 3.05) is 0 Å². The fourth-order valence-corrected chi connectivity index (χ4v) is 1.78. The first-order valence-corrected chi connectivity index (χ1v) is 5.78. The summed E-state index contributed by atoms with van der Waals surface area (Å²) in [6, 6.07) is 8.27. The van der Waals surface area contributed by atoms with Gasteiger partial charge in [0.25, 0.3) is 0 Å². The SMILES string of the molecule is CCC(O[SiH3])OCc1ccccc1C. The average Bonchev–Trinajstić information content (AvgIpc) is 2.22. The van der Waals surface area contributed by atoms with Gasteiger partial charge in [0.05, 0.1) is 6.61 Å². The lowest BCUT2D eigenvalue weighted by Gasteiger charge is -2.15. The fraction of sp³-hybridized carbons (Fsp3) is 0.455. The Morgan fingerprint density at radius 3 is 2.64 bits per heavy atom. The van der Waals surface area contributed by atoms with Crippen LogP contribution in [0.5, 0.6) is 0 Å². The largest absolute Gasteiger partial charge is 0.404 e. The molecule has 0 fully saturated rings. The van der Waals surface area contributed by atoms with E-state index in [0.29, 0.717) is 6.61 Å². The molecule has 14 heavy (non-hydrogen) atoms. The number of hydrogen-bond donors (Lipinski definition) is 0. The lowest BCUT2D eigenvalue weighted by molar-refractivity contribution is -0.0873. The zero-order chi connectivity index (χ0) is 10.4. The van der Waals surface area contributed by atoms with Gasteiger partial charge in [-0.3, -0.25) is 0 Å². The third-order valence-corrected chi connectivity index (χ3v) is 2.81. The maximum Gasteiger partial charge on any atom is 0.149 e. The predicted molar refractivity (Wildman–Crippen MR) is 61.1 cm³/mol. The second-order valence-corrected chi connectivity index (χ2v) is 3.78. The van der Waals surface area contributed by atoms with E-state index in [2.05, 4.69) is 26.0 Å². The lowest BCUT2D eigenvalue weighted by atomic mass is 10.1. The Morgan fingerprint density at radius 1 is 1.36 bits per heavy atom. The first kappa shape index (κ1) is 11.4. The standard InChI is InChI=1S/C11H18O2Si/c1-3-11(13-14)12-8-10-7-5-4-6-9(10)2/h4-7,11H,3,8H2,1-2,14H3. The van der Waals surface area contributed by atoms with Gasteiger partial charge in [0.1, 0.15) is 16.8 Å². The summed E-state index contributed by atoms with van der Waals surface area (Å²) < 4.78 is 10.9. The van der Waals surface area contributed by atoms with E-state index in [1.165, 1.54) is 11.1 Å². The maximum atomic E-state index is 5.62. The summed E-state index contributed by atoms with van der Waals surface area (Å²) in [6.45, 7) is 4.81. The molecule has 0 aliphatic carbocycles. The first-order valence-electron chi connectivity index (χ1n) is 4.96. The number of hydrogen-bond acceptors (Lipinski definition) is 2. The highest BCUT2D eigenvalue weighted by atomic mass is 28.2. The molecule has 0 bridgehead atoms. The number of benzene rings is 1. The Kier molecular flexibility index (Phi) is 4.86. The average molecular weight is 210 g/mol. The Bertz CT molecular complexity index is 272. The second-order valence-electron chi connectivity index (χ2n) is 3.31. The molecule has 1 atom stereocenters. The minimum absolute atomic E-state index is 0.0266. The molecule has 0 saturated heterocycles. The van der Waals surface area contributed by atoms with Gasteiger partial charge in [-0.05, 0) is 24.5 Å². The van der Waals surface area contributed by atoms with Crippen molar-refractivity contribution < 1.29 is 9.16 Å². The molecule has 1 unspecified atom stereocenters. The van der Waals surface area contributed by atoms with E-state index in [-0.39, 0.29) is 6.29 Å². The Hall–Kier alpha value is -0.643. The third kappa shape index (κ3) is 3.25. The molecule has 0 amide bonds. The molecule has 0 heterocycles. The van der Waals surface area contributed by atoms with Gasteiger partial charge in [0.15, 0.2) is 0 Å². The molecule has 0 aromatic heterocycles. The van der Waals surface area contributed by atoms with Gasteiger partial charge in [0.2, 0.25) is 0 Å². The van der Waals surface area contributed by atoms with Gasteiger partial charge >= 0.3 is 0 Å². The first-order chi connectivity index (χ1) is 6.77. The van der Waals surface area contributed by atoms with Gasteiger partial charge in [-0.25, -0.2) is 0 Å². The minimum Gasteiger partial charge on any atom is -0.404 e. The van der Waals surface area contributed by atoms with Gasteiger partial charge in [-0.2, -0.15) is 0 Å². The topological polar surface area (TPSA) is 18.5 Å². The van der Waals surface area contributed by atoms with Crippen molar-refractivity contribution in [2.45, 2.75) is 33.2 Å². The van der Waals surface area contributed by atoms with Gasteiger partial charge in [-0.1, -0.05) is 31.2 Å². The van der Waals surface area contributed by atoms with Crippen LogP contribution in [-0.4, -0.2) is 16.8 Å². The van der Waals surface area contributed by atoms with E-state index >= 15 is 0 Å². The Morgan fingerprint density at radius 2 is 2.07 bits per heavy atom. The van der Waals surface area contributed by atoms with Crippen LogP contribution in [-0.2, 0) is 15.8 Å². The van der Waals surface area contributed by atoms with Crippen LogP contribution in [0.1, 0.15) is 24.5 Å². The van der Waals surface area contributed by atoms with Crippen molar-refractivity contribution >= 4 is 10.5 Å². The molecule has 2 nitrogen and oxygen atoms in total. The summed E-state index contributed by atoms with van der Waals surface area (Å²) in [5.41, 5.74) is 2.51. The van der Waals surface area contributed by atoms with Crippen molar-refractivity contribution in [1.82, 2.24) is 0 Å². The highest BCUT2D eigenvalue weighted by Gasteiger charge is 2.04. The zero-order valence-corrected chi connectivity index (χ0v) is 11.1. The summed E-state index contributed by atoms with van der Waals surface area (Å²) >= 11 is 0. The smallest absolute Gasteiger partial charge is 0.149 e. The quantitative estimate of drug-likeness (QED) is 0.542. The van der Waals surface area contributed by atoms with E-state index < -0.39 is 0 Å². The van der Waals surface area contributed by atoms with Crippen molar-refractivity contribution in [3.8, 4) is 0 Å². The molecular weight excluding hydrogens is 192 g/mol. The third-order valence-electron chi connectivity index (χ3n) is 2.28. The summed E-state index contributed by atoms with van der Waals surface area (Å²) in [5, 5.41) is 0. The van der Waals surface area contributed by atoms with E-state index in [1.807, 2.05) is 12.1 Å². The number of aryl methyl sites for hydroxylation is 1. The summed E-state index contributed by atoms with van der Waals surface area (Å²) in [4.78, 5) is 0. The minimum atomic E-state index is -0.0266. The molecule has 78 valence electrons. The Balaban J connectivity index is 2.49. The second kappa shape index (κ2) is 5.96. The van der Waals surface area contributed by atoms with Crippen LogP contribution in [0.2, 0.25) is 0 Å². The van der Waals surface area contributed by atoms with Crippen molar-refractivity contribution in [3.63, 3.8) is 0 Å². The summed E-state index contributed by atoms with van der Waals surface area (Å²) in [5.74, 6) is 0.